The average Bonchev–Trinajstić information content (AvgIpc) is 3.67. The van der Waals surface area contributed by atoms with Gasteiger partial charge in [0.1, 0.15) is 0 Å². The largest absolute Gasteiger partial charge is 0.466 e. The van der Waals surface area contributed by atoms with Gasteiger partial charge in [-0.15, -0.1) is 0 Å². The molecule has 0 heterocycles. The highest BCUT2D eigenvalue weighted by Crippen LogP contribution is 2.20. The minimum absolute atomic E-state index is 0.0191. The van der Waals surface area contributed by atoms with E-state index in [2.05, 4.69) is 43.5 Å². The number of ether oxygens (including phenoxy) is 1. The molecule has 0 bridgehead atoms. The molecule has 526 valence electrons. The summed E-state index contributed by atoms with van der Waals surface area (Å²) in [7, 11) is 0. The lowest BCUT2D eigenvalue weighted by atomic mass is 10.0. The molecule has 6 heteroatoms. The van der Waals surface area contributed by atoms with Crippen LogP contribution in [0.5, 0.6) is 0 Å². The minimum Gasteiger partial charge on any atom is -0.466 e. The van der Waals surface area contributed by atoms with E-state index in [0.717, 1.165) is 38.5 Å². The summed E-state index contributed by atoms with van der Waals surface area (Å²) in [6, 6.07) is -0.625. The molecule has 0 saturated carbocycles. The first kappa shape index (κ1) is 87.1. The van der Waals surface area contributed by atoms with Gasteiger partial charge >= 0.3 is 5.97 Å². The molecule has 0 fully saturated rings. The van der Waals surface area contributed by atoms with E-state index in [9.17, 15) is 19.8 Å². The fourth-order valence-electron chi connectivity index (χ4n) is 12.9. The summed E-state index contributed by atoms with van der Waals surface area (Å²) in [4.78, 5) is 24.6. The molecule has 2 atom stereocenters. The van der Waals surface area contributed by atoms with Gasteiger partial charge < -0.3 is 20.3 Å². The first-order chi connectivity index (χ1) is 44.0. The summed E-state index contributed by atoms with van der Waals surface area (Å²) in [5, 5.41) is 23.2. The van der Waals surface area contributed by atoms with Gasteiger partial charge in [0.25, 0.3) is 0 Å². The third kappa shape index (κ3) is 75.0. The number of unbranched alkanes of at least 4 members (excludes halogenated alkanes) is 62. The van der Waals surface area contributed by atoms with Crippen LogP contribution in [-0.2, 0) is 14.3 Å². The molecule has 0 aliphatic rings. The zero-order valence-corrected chi connectivity index (χ0v) is 60.4. The van der Waals surface area contributed by atoms with Gasteiger partial charge in [-0.2, -0.15) is 0 Å². The van der Waals surface area contributed by atoms with Crippen LogP contribution < -0.4 is 5.32 Å². The van der Waals surface area contributed by atoms with Crippen molar-refractivity contribution in [2.75, 3.05) is 13.2 Å². The summed E-state index contributed by atoms with van der Waals surface area (Å²) in [5.41, 5.74) is 0. The Bertz CT molecular complexity index is 1440. The number of nitrogens with one attached hydrogen (secondary N) is 1. The smallest absolute Gasteiger partial charge is 0.305 e. The molecule has 2 unspecified atom stereocenters. The molecule has 0 spiro atoms. The van der Waals surface area contributed by atoms with Crippen molar-refractivity contribution >= 4 is 11.9 Å². The van der Waals surface area contributed by atoms with Crippen molar-refractivity contribution in [2.45, 2.75) is 469 Å². The Balaban J connectivity index is 3.34. The van der Waals surface area contributed by atoms with E-state index in [0.29, 0.717) is 19.4 Å². The van der Waals surface area contributed by atoms with Crippen LogP contribution in [0.4, 0.5) is 0 Å². The maximum Gasteiger partial charge on any atom is 0.305 e. The Morgan fingerprint density at radius 2 is 0.528 bits per heavy atom. The summed E-state index contributed by atoms with van der Waals surface area (Å²) in [5.74, 6) is -0.0413. The van der Waals surface area contributed by atoms with E-state index in [1.807, 2.05) is 6.08 Å². The number of amides is 1. The molecule has 0 aromatic rings. The van der Waals surface area contributed by atoms with Gasteiger partial charge in [0, 0.05) is 12.8 Å². The highest BCUT2D eigenvalue weighted by Gasteiger charge is 2.18. The maximum absolute atomic E-state index is 12.5. The SMILES string of the molecule is CCCCCCCCC/C=C\CCCCCCCCCC(=O)OCCCCCCCCCCCCCCCCCC/C=C\CCCCCCCCCCCCCCCCCCCC(=O)NC(CO)C(O)/C=C/CCCCCCCCCCCCCCCCC. The molecule has 0 aromatic heterocycles. The predicted octanol–water partition coefficient (Wildman–Crippen LogP) is 27.0. The van der Waals surface area contributed by atoms with E-state index in [1.165, 1.54) is 392 Å². The zero-order valence-electron chi connectivity index (χ0n) is 60.4. The van der Waals surface area contributed by atoms with Crippen LogP contribution in [0.1, 0.15) is 457 Å². The molecule has 0 saturated heterocycles. The van der Waals surface area contributed by atoms with Crippen LogP contribution in [0.3, 0.4) is 0 Å². The molecule has 0 radical (unpaired) electrons. The summed E-state index contributed by atoms with van der Waals surface area (Å²) in [6.07, 6.45) is 103. The third-order valence-corrected chi connectivity index (χ3v) is 19.1. The number of hydrogen-bond acceptors (Lipinski definition) is 5. The number of esters is 1. The van der Waals surface area contributed by atoms with Crippen LogP contribution in [0.15, 0.2) is 36.5 Å². The molecular formula is C83H159NO5. The van der Waals surface area contributed by atoms with E-state index >= 15 is 0 Å². The standard InChI is InChI=1S/C83H159NO5/c1-3-5-7-9-11-13-15-17-19-21-45-49-53-57-61-65-69-73-77-83(88)89-78-74-70-66-62-58-54-50-46-42-40-38-36-34-32-30-28-26-24-22-23-25-27-29-31-33-35-37-39-41-44-48-52-56-60-64-68-72-76-82(87)84-80(79-85)81(86)75-71-67-63-59-55-51-47-43-20-18-16-14-12-10-8-6-4-2/h19,21-22,24,71,75,80-81,85-86H,3-18,20,23,25-70,72-74,76-79H2,1-2H3,(H,84,87)/b21-19-,24-22-,75-71+. The van der Waals surface area contributed by atoms with E-state index < -0.39 is 12.1 Å². The van der Waals surface area contributed by atoms with Gasteiger partial charge in [-0.05, 0) is 83.5 Å². The number of carbonyl (C=O) groups excluding carboxylic acids is 2. The monoisotopic (exact) mass is 1250 g/mol. The number of carbonyl (C=O) groups is 2. The Morgan fingerprint density at radius 3 is 0.798 bits per heavy atom. The van der Waals surface area contributed by atoms with Crippen molar-refractivity contribution in [1.82, 2.24) is 5.32 Å². The van der Waals surface area contributed by atoms with Crippen molar-refractivity contribution in [2.24, 2.45) is 0 Å². The third-order valence-electron chi connectivity index (χ3n) is 19.1. The van der Waals surface area contributed by atoms with Crippen LogP contribution in [0.25, 0.3) is 0 Å². The molecule has 0 aromatic carbocycles. The van der Waals surface area contributed by atoms with Crippen LogP contribution >= 0.6 is 0 Å². The van der Waals surface area contributed by atoms with Gasteiger partial charge in [0.2, 0.25) is 5.91 Å². The van der Waals surface area contributed by atoms with E-state index in [4.69, 9.17) is 4.74 Å². The van der Waals surface area contributed by atoms with Gasteiger partial charge in [0.05, 0.1) is 25.4 Å². The Kier molecular flexibility index (Phi) is 76.8. The zero-order chi connectivity index (χ0) is 64.2. The van der Waals surface area contributed by atoms with Gasteiger partial charge in [-0.1, -0.05) is 397 Å². The van der Waals surface area contributed by atoms with Crippen molar-refractivity contribution < 1.29 is 24.5 Å². The summed E-state index contributed by atoms with van der Waals surface area (Å²) in [6.45, 7) is 4.95. The topological polar surface area (TPSA) is 95.9 Å². The fraction of sp³-hybridized carbons (Fsp3) is 0.904. The summed E-state index contributed by atoms with van der Waals surface area (Å²) < 4.78 is 5.51. The molecule has 0 aliphatic carbocycles. The molecule has 6 nitrogen and oxygen atoms in total. The number of aliphatic hydroxyl groups is 2. The van der Waals surface area contributed by atoms with Crippen molar-refractivity contribution in [3.05, 3.63) is 36.5 Å². The lowest BCUT2D eigenvalue weighted by Gasteiger charge is -2.20. The Morgan fingerprint density at radius 1 is 0.303 bits per heavy atom. The highest BCUT2D eigenvalue weighted by atomic mass is 16.5. The molecule has 0 rings (SSSR count). The predicted molar refractivity (Wildman–Crippen MR) is 393 cm³/mol. The maximum atomic E-state index is 12.5. The van der Waals surface area contributed by atoms with Crippen molar-refractivity contribution in [1.29, 1.82) is 0 Å². The number of hydrogen-bond donors (Lipinski definition) is 3. The quantitative estimate of drug-likeness (QED) is 0.0320. The first-order valence-corrected chi connectivity index (χ1v) is 40.8. The van der Waals surface area contributed by atoms with E-state index in [1.54, 1.807) is 6.08 Å². The molecule has 1 amide bonds. The molecule has 0 aliphatic heterocycles. The second-order valence-electron chi connectivity index (χ2n) is 28.1. The first-order valence-electron chi connectivity index (χ1n) is 40.8. The Hall–Kier alpha value is -1.92. The van der Waals surface area contributed by atoms with Gasteiger partial charge in [-0.3, -0.25) is 9.59 Å². The second-order valence-corrected chi connectivity index (χ2v) is 28.1. The molecule has 89 heavy (non-hydrogen) atoms. The van der Waals surface area contributed by atoms with Crippen LogP contribution in [-0.4, -0.2) is 47.4 Å². The summed E-state index contributed by atoms with van der Waals surface area (Å²) >= 11 is 0. The molecule has 3 N–H and O–H groups in total. The molecular weight excluding hydrogens is 1090 g/mol. The minimum atomic E-state index is -0.842. The normalized spacial score (nSPS) is 12.6. The lowest BCUT2D eigenvalue weighted by molar-refractivity contribution is -0.143. The second kappa shape index (κ2) is 78.5. The number of rotatable bonds is 77. The van der Waals surface area contributed by atoms with Crippen LogP contribution in [0, 0.1) is 0 Å². The van der Waals surface area contributed by atoms with Crippen LogP contribution in [0.2, 0.25) is 0 Å². The number of aliphatic hydroxyl groups excluding tert-OH is 2. The van der Waals surface area contributed by atoms with Gasteiger partial charge in [-0.25, -0.2) is 0 Å². The van der Waals surface area contributed by atoms with Gasteiger partial charge in [0.15, 0.2) is 0 Å². The van der Waals surface area contributed by atoms with Crippen molar-refractivity contribution in [3.8, 4) is 0 Å². The number of allylic oxidation sites excluding steroid dienone is 5. The fourth-order valence-corrected chi connectivity index (χ4v) is 12.9. The van der Waals surface area contributed by atoms with E-state index in [-0.39, 0.29) is 18.5 Å². The lowest BCUT2D eigenvalue weighted by Crippen LogP contribution is -2.45. The van der Waals surface area contributed by atoms with Crippen molar-refractivity contribution in [3.63, 3.8) is 0 Å². The average molecular weight is 1250 g/mol. The Labute approximate surface area is 557 Å². The highest BCUT2D eigenvalue weighted by molar-refractivity contribution is 5.76.